The van der Waals surface area contributed by atoms with E-state index in [1.54, 1.807) is 13.2 Å². The fraction of sp³-hybridized carbons (Fsp3) is 0.520. The van der Waals surface area contributed by atoms with Gasteiger partial charge in [0.1, 0.15) is 5.75 Å². The van der Waals surface area contributed by atoms with E-state index in [0.717, 1.165) is 25.3 Å². The van der Waals surface area contributed by atoms with Crippen LogP contribution in [-0.4, -0.2) is 35.6 Å². The summed E-state index contributed by atoms with van der Waals surface area (Å²) in [7, 11) is 1.63. The number of pyridine rings is 1. The molecule has 2 fully saturated rings. The molecule has 1 saturated carbocycles. The number of carbonyl (C=O) groups is 1. The van der Waals surface area contributed by atoms with Gasteiger partial charge in [0.2, 0.25) is 0 Å². The van der Waals surface area contributed by atoms with Crippen LogP contribution >= 0.6 is 0 Å². The Balaban J connectivity index is 1.45. The van der Waals surface area contributed by atoms with E-state index in [4.69, 9.17) is 4.74 Å². The Labute approximate surface area is 177 Å². The van der Waals surface area contributed by atoms with E-state index in [1.165, 1.54) is 43.4 Å². The van der Waals surface area contributed by atoms with Crippen LogP contribution in [0.3, 0.4) is 0 Å². The maximum atomic E-state index is 13.2. The summed E-state index contributed by atoms with van der Waals surface area (Å²) in [6, 6.07) is 11.2. The molecule has 3 aliphatic rings. The number of methoxy groups -OCH3 is 1. The van der Waals surface area contributed by atoms with Crippen LogP contribution in [0.5, 0.6) is 5.75 Å². The number of piperidine rings is 1. The van der Waals surface area contributed by atoms with Crippen molar-refractivity contribution in [3.05, 3.63) is 63.6 Å². The van der Waals surface area contributed by atoms with Gasteiger partial charge in [-0.3, -0.25) is 9.59 Å². The van der Waals surface area contributed by atoms with E-state index in [1.807, 2.05) is 33.7 Å². The van der Waals surface area contributed by atoms with Crippen molar-refractivity contribution in [1.82, 2.24) is 9.47 Å². The first-order chi connectivity index (χ1) is 14.6. The third-order valence-corrected chi connectivity index (χ3v) is 7.29. The summed E-state index contributed by atoms with van der Waals surface area (Å²) in [4.78, 5) is 27.9. The van der Waals surface area contributed by atoms with Crippen molar-refractivity contribution in [1.29, 1.82) is 0 Å². The monoisotopic (exact) mass is 406 g/mol. The van der Waals surface area contributed by atoms with Crippen molar-refractivity contribution < 1.29 is 9.53 Å². The molecule has 0 spiro atoms. The van der Waals surface area contributed by atoms with Gasteiger partial charge in [-0.1, -0.05) is 25.3 Å². The first-order valence-electron chi connectivity index (χ1n) is 11.3. The Morgan fingerprint density at radius 3 is 2.43 bits per heavy atom. The van der Waals surface area contributed by atoms with Crippen LogP contribution in [-0.2, 0) is 6.54 Å². The fourth-order valence-corrected chi connectivity index (χ4v) is 5.89. The summed E-state index contributed by atoms with van der Waals surface area (Å²) < 4.78 is 7.26. The average Bonchev–Trinajstić information content (AvgIpc) is 2.80. The zero-order valence-electron chi connectivity index (χ0n) is 17.7. The number of fused-ring (bicyclic) bond motifs is 4. The van der Waals surface area contributed by atoms with Crippen LogP contribution in [0.1, 0.15) is 72.0 Å². The second-order valence-electron chi connectivity index (χ2n) is 9.19. The van der Waals surface area contributed by atoms with Gasteiger partial charge in [0.15, 0.2) is 0 Å². The number of ether oxygens (including phenoxy) is 1. The third-order valence-electron chi connectivity index (χ3n) is 7.29. The lowest BCUT2D eigenvalue weighted by molar-refractivity contribution is 0.0592. The van der Waals surface area contributed by atoms with E-state index >= 15 is 0 Å². The summed E-state index contributed by atoms with van der Waals surface area (Å²) in [5.74, 6) is 2.00. The summed E-state index contributed by atoms with van der Waals surface area (Å²) in [6.45, 7) is 2.16. The number of rotatable bonds is 3. The highest BCUT2D eigenvalue weighted by Gasteiger charge is 2.38. The standard InChI is InChI=1S/C25H30N2O3/c1-30-21-9-7-19(8-10-21)25(29)26-14-17-13-20(16-26)24-22(18-5-3-2-4-6-18)11-12-23(28)27(24)15-17/h7-12,17-18,20H,2-6,13-16H2,1H3. The maximum Gasteiger partial charge on any atom is 0.253 e. The summed E-state index contributed by atoms with van der Waals surface area (Å²) >= 11 is 0. The molecule has 5 rings (SSSR count). The zero-order valence-corrected chi connectivity index (χ0v) is 17.7. The van der Waals surface area contributed by atoms with E-state index in [-0.39, 0.29) is 17.4 Å². The van der Waals surface area contributed by atoms with Gasteiger partial charge < -0.3 is 14.2 Å². The van der Waals surface area contributed by atoms with Gasteiger partial charge in [-0.05, 0) is 60.9 Å². The third kappa shape index (κ3) is 3.44. The lowest BCUT2D eigenvalue weighted by atomic mass is 9.76. The molecule has 2 atom stereocenters. The van der Waals surface area contributed by atoms with Crippen LogP contribution in [0, 0.1) is 5.92 Å². The highest BCUT2D eigenvalue weighted by molar-refractivity contribution is 5.94. The molecule has 1 aromatic carbocycles. The molecular weight excluding hydrogens is 376 g/mol. The van der Waals surface area contributed by atoms with E-state index in [9.17, 15) is 9.59 Å². The minimum Gasteiger partial charge on any atom is -0.497 e. The van der Waals surface area contributed by atoms with Crippen molar-refractivity contribution in [2.24, 2.45) is 5.92 Å². The molecule has 1 aromatic heterocycles. The van der Waals surface area contributed by atoms with Gasteiger partial charge in [-0.2, -0.15) is 0 Å². The van der Waals surface area contributed by atoms with Crippen molar-refractivity contribution in [3.63, 3.8) is 0 Å². The smallest absolute Gasteiger partial charge is 0.253 e. The molecule has 5 nitrogen and oxygen atoms in total. The molecule has 2 bridgehead atoms. The predicted octanol–water partition coefficient (Wildman–Crippen LogP) is 4.16. The number of likely N-dealkylation sites (tertiary alicyclic amines) is 1. The van der Waals surface area contributed by atoms with Crippen LogP contribution in [0.15, 0.2) is 41.2 Å². The second kappa shape index (κ2) is 7.93. The van der Waals surface area contributed by atoms with Crippen molar-refractivity contribution in [3.8, 4) is 5.75 Å². The number of hydrogen-bond donors (Lipinski definition) is 0. The molecular formula is C25H30N2O3. The van der Waals surface area contributed by atoms with E-state index < -0.39 is 0 Å². The Bertz CT molecular complexity index is 988. The van der Waals surface area contributed by atoms with E-state index in [2.05, 4.69) is 6.07 Å². The molecule has 158 valence electrons. The summed E-state index contributed by atoms with van der Waals surface area (Å²) in [5.41, 5.74) is 3.41. The lowest BCUT2D eigenvalue weighted by Crippen LogP contribution is -2.49. The zero-order chi connectivity index (χ0) is 20.7. The minimum atomic E-state index is 0.0818. The van der Waals surface area contributed by atoms with Crippen LogP contribution in [0.25, 0.3) is 0 Å². The fourth-order valence-electron chi connectivity index (χ4n) is 5.89. The van der Waals surface area contributed by atoms with Crippen LogP contribution in [0.2, 0.25) is 0 Å². The largest absolute Gasteiger partial charge is 0.497 e. The highest BCUT2D eigenvalue weighted by Crippen LogP contribution is 2.42. The summed E-state index contributed by atoms with van der Waals surface area (Å²) in [5, 5.41) is 0. The number of amides is 1. The average molecular weight is 407 g/mol. The molecule has 1 saturated heterocycles. The molecule has 1 aliphatic carbocycles. The predicted molar refractivity (Wildman–Crippen MR) is 116 cm³/mol. The Morgan fingerprint density at radius 1 is 0.933 bits per heavy atom. The number of nitrogens with zero attached hydrogens (tertiary/aromatic N) is 2. The lowest BCUT2D eigenvalue weighted by Gasteiger charge is -2.44. The quantitative estimate of drug-likeness (QED) is 0.769. The number of benzene rings is 1. The topological polar surface area (TPSA) is 51.5 Å². The minimum absolute atomic E-state index is 0.0818. The van der Waals surface area contributed by atoms with Crippen molar-refractivity contribution in [2.75, 3.05) is 20.2 Å². The molecule has 30 heavy (non-hydrogen) atoms. The van der Waals surface area contributed by atoms with Gasteiger partial charge in [-0.15, -0.1) is 0 Å². The van der Waals surface area contributed by atoms with Crippen LogP contribution in [0.4, 0.5) is 0 Å². The van der Waals surface area contributed by atoms with Gasteiger partial charge in [0, 0.05) is 42.9 Å². The van der Waals surface area contributed by atoms with Gasteiger partial charge in [-0.25, -0.2) is 0 Å². The molecule has 2 aromatic rings. The number of carbonyl (C=O) groups excluding carboxylic acids is 1. The highest BCUT2D eigenvalue weighted by atomic mass is 16.5. The second-order valence-corrected chi connectivity index (χ2v) is 9.19. The number of hydrogen-bond acceptors (Lipinski definition) is 3. The summed E-state index contributed by atoms with van der Waals surface area (Å²) in [6.07, 6.45) is 7.39. The first kappa shape index (κ1) is 19.4. The van der Waals surface area contributed by atoms with Crippen molar-refractivity contribution >= 4 is 5.91 Å². The Kier molecular flexibility index (Phi) is 5.13. The number of aromatic nitrogens is 1. The van der Waals surface area contributed by atoms with E-state index in [0.29, 0.717) is 23.9 Å². The van der Waals surface area contributed by atoms with Crippen molar-refractivity contribution in [2.45, 2.75) is 56.9 Å². The molecule has 0 radical (unpaired) electrons. The van der Waals surface area contributed by atoms with Gasteiger partial charge in [0.05, 0.1) is 7.11 Å². The Morgan fingerprint density at radius 2 is 1.70 bits per heavy atom. The molecule has 2 aliphatic heterocycles. The molecule has 0 N–H and O–H groups in total. The molecule has 2 unspecified atom stereocenters. The maximum absolute atomic E-state index is 13.2. The first-order valence-corrected chi connectivity index (χ1v) is 11.3. The molecule has 5 heteroatoms. The molecule has 3 heterocycles. The van der Waals surface area contributed by atoms with Crippen LogP contribution < -0.4 is 10.3 Å². The van der Waals surface area contributed by atoms with Gasteiger partial charge >= 0.3 is 0 Å². The SMILES string of the molecule is COc1ccc(C(=O)N2CC3CC(C2)c2c(C4CCCCC4)ccc(=O)n2C3)cc1. The molecule has 1 amide bonds. The van der Waals surface area contributed by atoms with Gasteiger partial charge in [0.25, 0.3) is 11.5 Å². The normalized spacial score (nSPS) is 23.7. The Hall–Kier alpha value is -2.56.